The second-order valence-electron chi connectivity index (χ2n) is 5.96. The zero-order valence-electron chi connectivity index (χ0n) is 14.3. The number of ether oxygens (including phenoxy) is 1. The molecule has 0 amide bonds. The SMILES string of the molecule is Cc1ccc(CNc2nc(OCc3ccc(C)cc3)ncc2F)cc1. The molecule has 0 fully saturated rings. The molecule has 0 spiro atoms. The Balaban J connectivity index is 1.63. The second-order valence-corrected chi connectivity index (χ2v) is 5.96. The molecule has 3 rings (SSSR count). The highest BCUT2D eigenvalue weighted by molar-refractivity contribution is 5.37. The molecule has 3 aromatic rings. The fourth-order valence-electron chi connectivity index (χ4n) is 2.27. The summed E-state index contributed by atoms with van der Waals surface area (Å²) in [5.74, 6) is -0.371. The lowest BCUT2D eigenvalue weighted by atomic mass is 10.1. The van der Waals surface area contributed by atoms with Gasteiger partial charge in [-0.3, -0.25) is 0 Å². The average Bonchev–Trinajstić information content (AvgIpc) is 2.62. The minimum Gasteiger partial charge on any atom is -0.459 e. The maximum absolute atomic E-state index is 13.9. The van der Waals surface area contributed by atoms with Gasteiger partial charge in [-0.1, -0.05) is 59.7 Å². The number of nitrogens with one attached hydrogen (secondary N) is 1. The van der Waals surface area contributed by atoms with Gasteiger partial charge in [0.05, 0.1) is 6.20 Å². The van der Waals surface area contributed by atoms with Crippen molar-refractivity contribution in [1.29, 1.82) is 0 Å². The Bertz CT molecular complexity index is 833. The molecule has 0 saturated heterocycles. The van der Waals surface area contributed by atoms with Crippen molar-refractivity contribution in [3.05, 3.63) is 82.8 Å². The van der Waals surface area contributed by atoms with Crippen LogP contribution in [0.4, 0.5) is 10.2 Å². The van der Waals surface area contributed by atoms with E-state index in [0.29, 0.717) is 13.2 Å². The molecule has 5 heteroatoms. The summed E-state index contributed by atoms with van der Waals surface area (Å²) in [6.07, 6.45) is 1.12. The number of nitrogens with zero attached hydrogens (tertiary/aromatic N) is 2. The summed E-state index contributed by atoms with van der Waals surface area (Å²) >= 11 is 0. The predicted octanol–water partition coefficient (Wildman–Crippen LogP) is 4.42. The maximum Gasteiger partial charge on any atom is 0.318 e. The van der Waals surface area contributed by atoms with E-state index in [1.807, 2.05) is 62.4 Å². The first kappa shape index (κ1) is 16.9. The summed E-state index contributed by atoms with van der Waals surface area (Å²) in [4.78, 5) is 8.01. The van der Waals surface area contributed by atoms with E-state index >= 15 is 0 Å². The van der Waals surface area contributed by atoms with Crippen LogP contribution in [0.2, 0.25) is 0 Å². The van der Waals surface area contributed by atoms with Gasteiger partial charge in [0.2, 0.25) is 0 Å². The Morgan fingerprint density at radius 1 is 0.920 bits per heavy atom. The van der Waals surface area contributed by atoms with E-state index in [-0.39, 0.29) is 11.8 Å². The van der Waals surface area contributed by atoms with Crippen LogP contribution in [-0.4, -0.2) is 9.97 Å². The second kappa shape index (κ2) is 7.75. The molecule has 4 nitrogen and oxygen atoms in total. The molecule has 0 aliphatic carbocycles. The first-order chi connectivity index (χ1) is 12.1. The van der Waals surface area contributed by atoms with Gasteiger partial charge in [0.1, 0.15) is 6.61 Å². The third kappa shape index (κ3) is 4.76. The summed E-state index contributed by atoms with van der Waals surface area (Å²) in [5, 5.41) is 2.99. The smallest absolute Gasteiger partial charge is 0.318 e. The Morgan fingerprint density at radius 2 is 1.52 bits per heavy atom. The maximum atomic E-state index is 13.9. The molecule has 1 N–H and O–H groups in total. The third-order valence-corrected chi connectivity index (χ3v) is 3.79. The number of benzene rings is 2. The van der Waals surface area contributed by atoms with Crippen LogP contribution in [0.3, 0.4) is 0 Å². The molecule has 1 heterocycles. The van der Waals surface area contributed by atoms with Crippen LogP contribution in [0.25, 0.3) is 0 Å². The molecule has 0 bridgehead atoms. The minimum atomic E-state index is -0.505. The molecular formula is C20H20FN3O. The van der Waals surface area contributed by atoms with Crippen molar-refractivity contribution in [1.82, 2.24) is 9.97 Å². The molecule has 1 aromatic heterocycles. The predicted molar refractivity (Wildman–Crippen MR) is 96.0 cm³/mol. The first-order valence-electron chi connectivity index (χ1n) is 8.10. The monoisotopic (exact) mass is 337 g/mol. The number of rotatable bonds is 6. The van der Waals surface area contributed by atoms with E-state index in [1.165, 1.54) is 11.1 Å². The zero-order chi connectivity index (χ0) is 17.6. The van der Waals surface area contributed by atoms with Crippen molar-refractivity contribution in [2.45, 2.75) is 27.0 Å². The van der Waals surface area contributed by atoms with Crippen LogP contribution in [0.5, 0.6) is 6.01 Å². The van der Waals surface area contributed by atoms with E-state index in [1.54, 1.807) is 0 Å². The number of anilines is 1. The van der Waals surface area contributed by atoms with Gasteiger partial charge in [-0.25, -0.2) is 9.37 Å². The van der Waals surface area contributed by atoms with Gasteiger partial charge in [-0.2, -0.15) is 4.98 Å². The van der Waals surface area contributed by atoms with E-state index < -0.39 is 5.82 Å². The van der Waals surface area contributed by atoms with Gasteiger partial charge in [-0.05, 0) is 25.0 Å². The summed E-state index contributed by atoms with van der Waals surface area (Å²) < 4.78 is 19.5. The van der Waals surface area contributed by atoms with Crippen molar-refractivity contribution in [3.8, 4) is 6.01 Å². The van der Waals surface area contributed by atoms with Gasteiger partial charge in [-0.15, -0.1) is 0 Å². The highest BCUT2D eigenvalue weighted by Crippen LogP contribution is 2.16. The molecule has 2 aromatic carbocycles. The van der Waals surface area contributed by atoms with Crippen LogP contribution in [0.1, 0.15) is 22.3 Å². The molecular weight excluding hydrogens is 317 g/mol. The first-order valence-corrected chi connectivity index (χ1v) is 8.10. The Labute approximate surface area is 146 Å². The van der Waals surface area contributed by atoms with E-state index in [0.717, 1.165) is 17.3 Å². The third-order valence-electron chi connectivity index (χ3n) is 3.79. The molecule has 0 aliphatic rings. The fraction of sp³-hybridized carbons (Fsp3) is 0.200. The van der Waals surface area contributed by atoms with Gasteiger partial charge in [0.15, 0.2) is 11.6 Å². The van der Waals surface area contributed by atoms with Crippen LogP contribution in [0.15, 0.2) is 54.7 Å². The van der Waals surface area contributed by atoms with Crippen molar-refractivity contribution in [2.24, 2.45) is 0 Å². The molecule has 0 unspecified atom stereocenters. The number of aromatic nitrogens is 2. The molecule has 25 heavy (non-hydrogen) atoms. The molecule has 0 atom stereocenters. The summed E-state index contributed by atoms with van der Waals surface area (Å²) in [7, 11) is 0. The van der Waals surface area contributed by atoms with Gasteiger partial charge in [0.25, 0.3) is 0 Å². The highest BCUT2D eigenvalue weighted by atomic mass is 19.1. The van der Waals surface area contributed by atoms with E-state index in [4.69, 9.17) is 4.74 Å². The number of halogens is 1. The van der Waals surface area contributed by atoms with Crippen molar-refractivity contribution < 1.29 is 9.13 Å². The molecule has 0 saturated carbocycles. The van der Waals surface area contributed by atoms with Gasteiger partial charge >= 0.3 is 6.01 Å². The van der Waals surface area contributed by atoms with Gasteiger partial charge < -0.3 is 10.1 Å². The Morgan fingerprint density at radius 3 is 2.16 bits per heavy atom. The zero-order valence-corrected chi connectivity index (χ0v) is 14.3. The van der Waals surface area contributed by atoms with Crippen LogP contribution in [-0.2, 0) is 13.2 Å². The minimum absolute atomic E-state index is 0.134. The topological polar surface area (TPSA) is 47.0 Å². The van der Waals surface area contributed by atoms with Crippen molar-refractivity contribution >= 4 is 5.82 Å². The molecule has 0 radical (unpaired) electrons. The summed E-state index contributed by atoms with van der Waals surface area (Å²) in [6.45, 7) is 4.87. The van der Waals surface area contributed by atoms with Crippen molar-refractivity contribution in [2.75, 3.05) is 5.32 Å². The number of hydrogen-bond acceptors (Lipinski definition) is 4. The standard InChI is InChI=1S/C20H20FN3O/c1-14-3-7-16(8-4-14)11-22-19-18(21)12-23-20(24-19)25-13-17-9-5-15(2)6-10-17/h3-10,12H,11,13H2,1-2H3,(H,22,23,24). The summed E-state index contributed by atoms with van der Waals surface area (Å²) in [6, 6.07) is 16.2. The fourth-order valence-corrected chi connectivity index (χ4v) is 2.27. The highest BCUT2D eigenvalue weighted by Gasteiger charge is 2.08. The number of aryl methyl sites for hydroxylation is 2. The number of hydrogen-bond donors (Lipinski definition) is 1. The van der Waals surface area contributed by atoms with Gasteiger partial charge in [0, 0.05) is 6.54 Å². The Hall–Kier alpha value is -2.95. The molecule has 0 aliphatic heterocycles. The lowest BCUT2D eigenvalue weighted by Gasteiger charge is -2.09. The van der Waals surface area contributed by atoms with E-state index in [9.17, 15) is 4.39 Å². The Kier molecular flexibility index (Phi) is 5.23. The summed E-state index contributed by atoms with van der Waals surface area (Å²) in [5.41, 5.74) is 4.42. The largest absolute Gasteiger partial charge is 0.459 e. The van der Waals surface area contributed by atoms with Crippen molar-refractivity contribution in [3.63, 3.8) is 0 Å². The van der Waals surface area contributed by atoms with Crippen LogP contribution in [0, 0.1) is 19.7 Å². The molecule has 128 valence electrons. The lowest BCUT2D eigenvalue weighted by Crippen LogP contribution is -2.07. The van der Waals surface area contributed by atoms with Crippen LogP contribution >= 0.6 is 0 Å². The normalized spacial score (nSPS) is 10.5. The lowest BCUT2D eigenvalue weighted by molar-refractivity contribution is 0.280. The quantitative estimate of drug-likeness (QED) is 0.723. The van der Waals surface area contributed by atoms with Crippen LogP contribution < -0.4 is 10.1 Å². The average molecular weight is 337 g/mol. The van der Waals surface area contributed by atoms with E-state index in [2.05, 4.69) is 15.3 Å².